The van der Waals surface area contributed by atoms with Gasteiger partial charge in [-0.3, -0.25) is 9.59 Å². The molecule has 1 aliphatic rings. The van der Waals surface area contributed by atoms with Gasteiger partial charge in [0.15, 0.2) is 0 Å². The van der Waals surface area contributed by atoms with Gasteiger partial charge in [0, 0.05) is 28.9 Å². The van der Waals surface area contributed by atoms with E-state index in [4.69, 9.17) is 0 Å². The minimum absolute atomic E-state index is 0.0338. The molecule has 7 heteroatoms. The van der Waals surface area contributed by atoms with Crippen molar-refractivity contribution >= 4 is 49.3 Å². The lowest BCUT2D eigenvalue weighted by molar-refractivity contribution is -0.128. The molecule has 2 rings (SSSR count). The molecule has 1 atom stereocenters. The number of nitrogens with one attached hydrogen (secondary N) is 2. The van der Waals surface area contributed by atoms with Crippen molar-refractivity contribution < 1.29 is 9.59 Å². The van der Waals surface area contributed by atoms with Crippen molar-refractivity contribution in [2.24, 2.45) is 0 Å². The van der Waals surface area contributed by atoms with E-state index in [0.29, 0.717) is 18.7 Å². The Labute approximate surface area is 147 Å². The molecule has 4 nitrogen and oxygen atoms in total. The van der Waals surface area contributed by atoms with Crippen molar-refractivity contribution in [3.05, 3.63) is 34.3 Å². The number of carbonyl (C=O) groups excluding carboxylic acids is 2. The molecule has 0 spiro atoms. The molecule has 1 aromatic rings. The van der Waals surface area contributed by atoms with E-state index >= 15 is 0 Å². The van der Waals surface area contributed by atoms with Crippen molar-refractivity contribution in [1.29, 1.82) is 0 Å². The summed E-state index contributed by atoms with van der Waals surface area (Å²) < 4.78 is 0.968. The molecule has 1 aromatic carbocycles. The third-order valence-electron chi connectivity index (χ3n) is 3.26. The highest BCUT2D eigenvalue weighted by atomic mass is 79.9. The fraction of sp³-hybridized carbons (Fsp3) is 0.467. The van der Waals surface area contributed by atoms with Gasteiger partial charge in [0.1, 0.15) is 6.04 Å². The standard InChI is InChI=1S/C15H19BrN2O2S2/c16-12-6-2-1-5-11(12)9-17-15(20)13-10-22-21-8-4-3-7-14(19)18-13/h1-2,5-6,13H,3-4,7-10H2,(H,17,20)(H,18,19)/t13-/m0/s1. The number of carbonyl (C=O) groups is 2. The minimum atomic E-state index is -0.467. The molecule has 1 fully saturated rings. The minimum Gasteiger partial charge on any atom is -0.350 e. The highest BCUT2D eigenvalue weighted by molar-refractivity contribution is 9.10. The molecule has 0 bridgehead atoms. The van der Waals surface area contributed by atoms with Crippen LogP contribution in [0.25, 0.3) is 0 Å². The number of rotatable bonds is 3. The maximum absolute atomic E-state index is 12.3. The van der Waals surface area contributed by atoms with Gasteiger partial charge in [-0.15, -0.1) is 0 Å². The normalized spacial score (nSPS) is 20.0. The summed E-state index contributed by atoms with van der Waals surface area (Å²) in [4.78, 5) is 24.2. The molecule has 2 N–H and O–H groups in total. The van der Waals surface area contributed by atoms with Crippen LogP contribution in [0.4, 0.5) is 0 Å². The Hall–Kier alpha value is -0.660. The lowest BCUT2D eigenvalue weighted by Gasteiger charge is -2.19. The van der Waals surface area contributed by atoms with Crippen LogP contribution in [0.5, 0.6) is 0 Å². The smallest absolute Gasteiger partial charge is 0.243 e. The molecule has 1 heterocycles. The van der Waals surface area contributed by atoms with Crippen molar-refractivity contribution in [3.63, 3.8) is 0 Å². The average molecular weight is 403 g/mol. The van der Waals surface area contributed by atoms with Crippen molar-refractivity contribution in [2.75, 3.05) is 11.5 Å². The van der Waals surface area contributed by atoms with Crippen LogP contribution in [0.3, 0.4) is 0 Å². The summed E-state index contributed by atoms with van der Waals surface area (Å²) in [5, 5.41) is 5.75. The first-order chi connectivity index (χ1) is 10.7. The zero-order chi connectivity index (χ0) is 15.8. The Morgan fingerprint density at radius 1 is 1.32 bits per heavy atom. The van der Waals surface area contributed by atoms with E-state index in [0.717, 1.165) is 28.6 Å². The maximum atomic E-state index is 12.3. The number of hydrogen-bond acceptors (Lipinski definition) is 4. The fourth-order valence-corrected chi connectivity index (χ4v) is 4.75. The molecule has 1 saturated heterocycles. The highest BCUT2D eigenvalue weighted by Crippen LogP contribution is 2.24. The molecule has 1 aliphatic heterocycles. The summed E-state index contributed by atoms with van der Waals surface area (Å²) in [7, 11) is 3.42. The number of hydrogen-bond donors (Lipinski definition) is 2. The van der Waals surface area contributed by atoms with E-state index in [9.17, 15) is 9.59 Å². The number of benzene rings is 1. The number of amides is 2. The van der Waals surface area contributed by atoms with E-state index in [1.54, 1.807) is 21.6 Å². The summed E-state index contributed by atoms with van der Waals surface area (Å²) >= 11 is 3.47. The van der Waals surface area contributed by atoms with Crippen LogP contribution in [-0.4, -0.2) is 29.4 Å². The van der Waals surface area contributed by atoms with Gasteiger partial charge in [-0.2, -0.15) is 0 Å². The summed E-state index contributed by atoms with van der Waals surface area (Å²) in [5.74, 6) is 1.47. The first-order valence-electron chi connectivity index (χ1n) is 7.21. The zero-order valence-corrected chi connectivity index (χ0v) is 15.4. The maximum Gasteiger partial charge on any atom is 0.243 e. The van der Waals surface area contributed by atoms with Crippen LogP contribution in [0.15, 0.2) is 28.7 Å². The summed E-state index contributed by atoms with van der Waals surface area (Å²) in [5.41, 5.74) is 1.02. The van der Waals surface area contributed by atoms with Gasteiger partial charge in [-0.25, -0.2) is 0 Å². The van der Waals surface area contributed by atoms with Gasteiger partial charge in [0.05, 0.1) is 0 Å². The van der Waals surface area contributed by atoms with Crippen LogP contribution >= 0.6 is 37.5 Å². The van der Waals surface area contributed by atoms with E-state index in [-0.39, 0.29) is 11.8 Å². The second kappa shape index (κ2) is 9.47. The first-order valence-corrected chi connectivity index (χ1v) is 10.5. The van der Waals surface area contributed by atoms with Gasteiger partial charge in [0.2, 0.25) is 11.8 Å². The van der Waals surface area contributed by atoms with E-state index in [2.05, 4.69) is 26.6 Å². The second-order valence-corrected chi connectivity index (χ2v) is 8.47. The van der Waals surface area contributed by atoms with Gasteiger partial charge < -0.3 is 10.6 Å². The molecule has 0 aromatic heterocycles. The highest BCUT2D eigenvalue weighted by Gasteiger charge is 2.21. The molecule has 0 saturated carbocycles. The molecule has 22 heavy (non-hydrogen) atoms. The quantitative estimate of drug-likeness (QED) is 0.762. The third kappa shape index (κ3) is 5.85. The Kier molecular flexibility index (Phi) is 7.62. The van der Waals surface area contributed by atoms with Crippen LogP contribution in [0, 0.1) is 0 Å². The van der Waals surface area contributed by atoms with Crippen molar-refractivity contribution in [2.45, 2.75) is 31.8 Å². The van der Waals surface area contributed by atoms with Gasteiger partial charge in [-0.05, 0) is 24.5 Å². The fourth-order valence-electron chi connectivity index (χ4n) is 2.02. The number of halogens is 1. The van der Waals surface area contributed by atoms with Crippen LogP contribution in [-0.2, 0) is 16.1 Å². The lowest BCUT2D eigenvalue weighted by Crippen LogP contribution is -2.48. The van der Waals surface area contributed by atoms with Gasteiger partial charge >= 0.3 is 0 Å². The van der Waals surface area contributed by atoms with Gasteiger partial charge in [-0.1, -0.05) is 55.7 Å². The summed E-state index contributed by atoms with van der Waals surface area (Å²) in [6.45, 7) is 0.449. The van der Waals surface area contributed by atoms with E-state index < -0.39 is 6.04 Å². The van der Waals surface area contributed by atoms with Crippen molar-refractivity contribution in [3.8, 4) is 0 Å². The monoisotopic (exact) mass is 402 g/mol. The lowest BCUT2D eigenvalue weighted by atomic mass is 10.2. The van der Waals surface area contributed by atoms with Crippen LogP contribution in [0.2, 0.25) is 0 Å². The summed E-state index contributed by atoms with van der Waals surface area (Å²) in [6, 6.07) is 7.31. The second-order valence-electron chi connectivity index (χ2n) is 4.99. The molecular weight excluding hydrogens is 384 g/mol. The Morgan fingerprint density at radius 2 is 2.14 bits per heavy atom. The SMILES string of the molecule is O=C1CCCCSSC[C@@H](C(=O)NCc2ccccc2Br)N1. The molecule has 0 aliphatic carbocycles. The van der Waals surface area contributed by atoms with Crippen LogP contribution in [0.1, 0.15) is 24.8 Å². The van der Waals surface area contributed by atoms with E-state index in [1.165, 1.54) is 0 Å². The third-order valence-corrected chi connectivity index (χ3v) is 6.54. The Morgan fingerprint density at radius 3 is 2.95 bits per heavy atom. The van der Waals surface area contributed by atoms with Crippen LogP contribution < -0.4 is 10.6 Å². The molecule has 0 unspecified atom stereocenters. The molecular formula is C15H19BrN2O2S2. The topological polar surface area (TPSA) is 58.2 Å². The Balaban J connectivity index is 1.90. The predicted octanol–water partition coefficient (Wildman–Crippen LogP) is 3.12. The predicted molar refractivity (Wildman–Crippen MR) is 96.7 cm³/mol. The largest absolute Gasteiger partial charge is 0.350 e. The zero-order valence-electron chi connectivity index (χ0n) is 12.1. The van der Waals surface area contributed by atoms with Gasteiger partial charge in [0.25, 0.3) is 0 Å². The summed E-state index contributed by atoms with van der Waals surface area (Å²) in [6.07, 6.45) is 2.42. The first kappa shape index (κ1) is 17.7. The molecule has 120 valence electrons. The molecule has 2 amide bonds. The van der Waals surface area contributed by atoms with Crippen molar-refractivity contribution in [1.82, 2.24) is 10.6 Å². The molecule has 0 radical (unpaired) electrons. The van der Waals surface area contributed by atoms with E-state index in [1.807, 2.05) is 24.3 Å². The Bertz CT molecular complexity index is 528. The average Bonchev–Trinajstić information content (AvgIpc) is 2.52.